The summed E-state index contributed by atoms with van der Waals surface area (Å²) in [5.74, 6) is -0.763. The largest absolute Gasteiger partial charge is 0.281 e. The van der Waals surface area contributed by atoms with Crippen molar-refractivity contribution in [1.29, 1.82) is 0 Å². The van der Waals surface area contributed by atoms with Crippen LogP contribution in [0.2, 0.25) is 0 Å². The van der Waals surface area contributed by atoms with Gasteiger partial charge in [-0.15, -0.1) is 11.6 Å². The van der Waals surface area contributed by atoms with Gasteiger partial charge in [0.2, 0.25) is 0 Å². The Hall–Kier alpha value is -1.06. The lowest BCUT2D eigenvalue weighted by molar-refractivity contribution is -0.121. The minimum absolute atomic E-state index is 0.231. The van der Waals surface area contributed by atoms with Crippen LogP contribution in [0.4, 0.5) is 5.69 Å². The Balaban J connectivity index is 2.95. The summed E-state index contributed by atoms with van der Waals surface area (Å²) >= 11 is 5.30. The van der Waals surface area contributed by atoms with E-state index in [4.69, 9.17) is 11.6 Å². The second-order valence-corrected chi connectivity index (χ2v) is 2.89. The highest BCUT2D eigenvalue weighted by molar-refractivity contribution is 6.29. The molecule has 0 aliphatic carbocycles. The molecule has 0 aliphatic heterocycles. The molecule has 70 valence electrons. The fourth-order valence-electron chi connectivity index (χ4n) is 0.992. The Morgan fingerprint density at radius 2 is 2.15 bits per heavy atom. The molecule has 0 spiro atoms. The predicted molar refractivity (Wildman–Crippen MR) is 51.2 cm³/mol. The van der Waals surface area contributed by atoms with Crippen molar-refractivity contribution >= 4 is 23.2 Å². The van der Waals surface area contributed by atoms with Gasteiger partial charge in [-0.1, -0.05) is 18.2 Å². The number of nitrogens with zero attached hydrogens (tertiary/aromatic N) is 1. The van der Waals surface area contributed by atoms with E-state index >= 15 is 0 Å². The number of anilines is 1. The number of rotatable bonds is 2. The van der Waals surface area contributed by atoms with Gasteiger partial charge in [-0.3, -0.25) is 10.0 Å². The van der Waals surface area contributed by atoms with Crippen LogP contribution in [0.1, 0.15) is 5.56 Å². The third-order valence-corrected chi connectivity index (χ3v) is 1.92. The first-order chi connectivity index (χ1) is 6.16. The van der Waals surface area contributed by atoms with Crippen molar-refractivity contribution < 1.29 is 10.0 Å². The summed E-state index contributed by atoms with van der Waals surface area (Å²) in [4.78, 5) is 11.0. The molecule has 1 amide bonds. The molecule has 0 bridgehead atoms. The first-order valence-corrected chi connectivity index (χ1v) is 4.33. The minimum atomic E-state index is -0.532. The van der Waals surface area contributed by atoms with Crippen LogP contribution >= 0.6 is 11.6 Å². The molecule has 0 atom stereocenters. The van der Waals surface area contributed by atoms with Crippen LogP contribution in [0.25, 0.3) is 0 Å². The lowest BCUT2D eigenvalue weighted by atomic mass is 10.2. The van der Waals surface area contributed by atoms with Crippen molar-refractivity contribution in [3.63, 3.8) is 0 Å². The van der Waals surface area contributed by atoms with E-state index in [1.807, 2.05) is 6.07 Å². The van der Waals surface area contributed by atoms with Gasteiger partial charge in [-0.05, 0) is 18.6 Å². The molecule has 0 radical (unpaired) electrons. The number of aryl methyl sites for hydroxylation is 1. The maximum Gasteiger partial charge on any atom is 0.265 e. The van der Waals surface area contributed by atoms with E-state index in [1.165, 1.54) is 0 Å². The zero-order chi connectivity index (χ0) is 9.84. The molecule has 3 nitrogen and oxygen atoms in total. The average molecular weight is 200 g/mol. The summed E-state index contributed by atoms with van der Waals surface area (Å²) in [6.45, 7) is 1.81. The molecule has 0 unspecified atom stereocenters. The molecule has 0 aliphatic rings. The van der Waals surface area contributed by atoms with Crippen LogP contribution in [0.15, 0.2) is 24.3 Å². The van der Waals surface area contributed by atoms with E-state index < -0.39 is 5.91 Å². The first kappa shape index (κ1) is 10.0. The van der Waals surface area contributed by atoms with Gasteiger partial charge in [0, 0.05) is 0 Å². The van der Waals surface area contributed by atoms with Crippen LogP contribution in [0.5, 0.6) is 0 Å². The monoisotopic (exact) mass is 199 g/mol. The summed E-state index contributed by atoms with van der Waals surface area (Å²) in [5.41, 5.74) is 1.29. The standard InChI is InChI=1S/C9H10ClNO2/c1-7-4-2-3-5-8(7)11(13)9(12)6-10/h2-5,13H,6H2,1H3. The van der Waals surface area contributed by atoms with Crippen LogP contribution in [0, 0.1) is 6.92 Å². The fraction of sp³-hybridized carbons (Fsp3) is 0.222. The van der Waals surface area contributed by atoms with E-state index in [9.17, 15) is 10.0 Å². The molecule has 0 saturated carbocycles. The zero-order valence-electron chi connectivity index (χ0n) is 7.20. The van der Waals surface area contributed by atoms with E-state index in [-0.39, 0.29) is 5.88 Å². The van der Waals surface area contributed by atoms with Crippen molar-refractivity contribution in [2.45, 2.75) is 6.92 Å². The number of halogens is 1. The molecule has 1 N–H and O–H groups in total. The fourth-order valence-corrected chi connectivity index (χ4v) is 1.11. The second kappa shape index (κ2) is 4.25. The van der Waals surface area contributed by atoms with Gasteiger partial charge in [0.25, 0.3) is 5.91 Å². The van der Waals surface area contributed by atoms with Crippen LogP contribution in [0.3, 0.4) is 0 Å². The number of hydroxylamine groups is 1. The van der Waals surface area contributed by atoms with Gasteiger partial charge >= 0.3 is 0 Å². The number of benzene rings is 1. The summed E-state index contributed by atoms with van der Waals surface area (Å²) in [6.07, 6.45) is 0. The van der Waals surface area contributed by atoms with Crippen molar-refractivity contribution in [2.24, 2.45) is 0 Å². The summed E-state index contributed by atoms with van der Waals surface area (Å²) in [6, 6.07) is 7.03. The van der Waals surface area contributed by atoms with Gasteiger partial charge < -0.3 is 0 Å². The van der Waals surface area contributed by atoms with E-state index in [1.54, 1.807) is 25.1 Å². The third kappa shape index (κ3) is 2.20. The van der Waals surface area contributed by atoms with E-state index in [0.29, 0.717) is 10.8 Å². The molecule has 0 aromatic heterocycles. The van der Waals surface area contributed by atoms with Crippen LogP contribution < -0.4 is 5.06 Å². The van der Waals surface area contributed by atoms with Gasteiger partial charge in [0.1, 0.15) is 5.88 Å². The van der Waals surface area contributed by atoms with Crippen molar-refractivity contribution in [1.82, 2.24) is 0 Å². The molecule has 0 fully saturated rings. The Bertz CT molecular complexity index is 314. The number of para-hydroxylation sites is 1. The average Bonchev–Trinajstić information content (AvgIpc) is 2.16. The van der Waals surface area contributed by atoms with Gasteiger partial charge in [0.05, 0.1) is 5.69 Å². The van der Waals surface area contributed by atoms with Gasteiger partial charge in [0.15, 0.2) is 0 Å². The smallest absolute Gasteiger partial charge is 0.265 e. The number of amides is 1. The predicted octanol–water partition coefficient (Wildman–Crippen LogP) is 1.96. The Kier molecular flexibility index (Phi) is 3.28. The normalized spacial score (nSPS) is 9.77. The number of carbonyl (C=O) groups excluding carboxylic acids is 1. The highest BCUT2D eigenvalue weighted by Gasteiger charge is 2.12. The van der Waals surface area contributed by atoms with Gasteiger partial charge in [-0.25, -0.2) is 0 Å². The number of carbonyl (C=O) groups is 1. The topological polar surface area (TPSA) is 40.5 Å². The highest BCUT2D eigenvalue weighted by Crippen LogP contribution is 2.17. The number of hydrogen-bond acceptors (Lipinski definition) is 2. The molecular formula is C9H10ClNO2. The number of hydrogen-bond donors (Lipinski definition) is 1. The molecular weight excluding hydrogens is 190 g/mol. The quantitative estimate of drug-likeness (QED) is 0.449. The highest BCUT2D eigenvalue weighted by atomic mass is 35.5. The Labute approximate surface area is 81.5 Å². The number of alkyl halides is 1. The second-order valence-electron chi connectivity index (χ2n) is 2.63. The molecule has 0 saturated heterocycles. The van der Waals surface area contributed by atoms with Crippen LogP contribution in [-0.2, 0) is 4.79 Å². The molecule has 1 aromatic rings. The molecule has 1 aromatic carbocycles. The van der Waals surface area contributed by atoms with E-state index in [2.05, 4.69) is 0 Å². The van der Waals surface area contributed by atoms with E-state index in [0.717, 1.165) is 5.56 Å². The van der Waals surface area contributed by atoms with Crippen LogP contribution in [-0.4, -0.2) is 17.0 Å². The summed E-state index contributed by atoms with van der Waals surface area (Å²) < 4.78 is 0. The lowest BCUT2D eigenvalue weighted by Gasteiger charge is -2.15. The Morgan fingerprint density at radius 1 is 1.54 bits per heavy atom. The lowest BCUT2D eigenvalue weighted by Crippen LogP contribution is -2.28. The summed E-state index contributed by atoms with van der Waals surface area (Å²) in [5, 5.41) is 9.94. The summed E-state index contributed by atoms with van der Waals surface area (Å²) in [7, 11) is 0. The Morgan fingerprint density at radius 3 is 2.69 bits per heavy atom. The third-order valence-electron chi connectivity index (χ3n) is 1.69. The van der Waals surface area contributed by atoms with Crippen molar-refractivity contribution in [2.75, 3.05) is 10.9 Å². The molecule has 4 heteroatoms. The van der Waals surface area contributed by atoms with Crippen molar-refractivity contribution in [3.05, 3.63) is 29.8 Å². The minimum Gasteiger partial charge on any atom is -0.281 e. The SMILES string of the molecule is Cc1ccccc1N(O)C(=O)CCl. The first-order valence-electron chi connectivity index (χ1n) is 3.80. The zero-order valence-corrected chi connectivity index (χ0v) is 7.95. The molecule has 13 heavy (non-hydrogen) atoms. The molecule has 1 rings (SSSR count). The van der Waals surface area contributed by atoms with Gasteiger partial charge in [-0.2, -0.15) is 5.06 Å². The van der Waals surface area contributed by atoms with Crippen molar-refractivity contribution in [3.8, 4) is 0 Å². The molecule has 0 heterocycles. The maximum absolute atomic E-state index is 11.0. The maximum atomic E-state index is 11.0.